The molecule has 1 heterocycles. The number of rotatable bonds is 5. The predicted octanol–water partition coefficient (Wildman–Crippen LogP) is 1.75. The molecule has 1 atom stereocenters. The van der Waals surface area contributed by atoms with Crippen molar-refractivity contribution in [2.75, 3.05) is 32.8 Å². The maximum absolute atomic E-state index is 5.74. The summed E-state index contributed by atoms with van der Waals surface area (Å²) >= 11 is 0. The van der Waals surface area contributed by atoms with Crippen molar-refractivity contribution < 1.29 is 4.74 Å². The summed E-state index contributed by atoms with van der Waals surface area (Å²) in [4.78, 5) is 2.53. The van der Waals surface area contributed by atoms with Crippen LogP contribution in [0.15, 0.2) is 30.3 Å². The SMILES string of the molecule is CCC1CNCCN1CCOc1ccccc1. The normalized spacial score (nSPS) is 21.4. The number of nitrogens with zero attached hydrogens (tertiary/aromatic N) is 1. The van der Waals surface area contributed by atoms with Crippen LogP contribution in [0.3, 0.4) is 0 Å². The molecule has 1 aromatic rings. The Labute approximate surface area is 104 Å². The van der Waals surface area contributed by atoms with Gasteiger partial charge in [0.25, 0.3) is 0 Å². The minimum absolute atomic E-state index is 0.670. The van der Waals surface area contributed by atoms with E-state index in [-0.39, 0.29) is 0 Å². The van der Waals surface area contributed by atoms with Gasteiger partial charge in [0.1, 0.15) is 12.4 Å². The van der Waals surface area contributed by atoms with Crippen molar-refractivity contribution in [3.05, 3.63) is 30.3 Å². The second-order valence-corrected chi connectivity index (χ2v) is 4.46. The highest BCUT2D eigenvalue weighted by Crippen LogP contribution is 2.10. The van der Waals surface area contributed by atoms with Crippen LogP contribution in [0.2, 0.25) is 0 Å². The zero-order valence-electron chi connectivity index (χ0n) is 10.6. The Morgan fingerprint density at radius 1 is 1.35 bits per heavy atom. The van der Waals surface area contributed by atoms with E-state index in [1.165, 1.54) is 6.42 Å². The van der Waals surface area contributed by atoms with Gasteiger partial charge in [0.05, 0.1) is 0 Å². The number of hydrogen-bond donors (Lipinski definition) is 1. The monoisotopic (exact) mass is 234 g/mol. The molecule has 0 aromatic heterocycles. The summed E-state index contributed by atoms with van der Waals surface area (Å²) in [5.41, 5.74) is 0. The van der Waals surface area contributed by atoms with E-state index in [2.05, 4.69) is 17.1 Å². The van der Waals surface area contributed by atoms with E-state index >= 15 is 0 Å². The molecule has 1 aliphatic heterocycles. The molecule has 0 bridgehead atoms. The molecular formula is C14H22N2O. The van der Waals surface area contributed by atoms with Crippen LogP contribution in [0.4, 0.5) is 0 Å². The molecule has 1 aliphatic rings. The molecular weight excluding hydrogens is 212 g/mol. The molecule has 1 fully saturated rings. The van der Waals surface area contributed by atoms with E-state index in [1.807, 2.05) is 30.3 Å². The largest absolute Gasteiger partial charge is 0.492 e. The minimum Gasteiger partial charge on any atom is -0.492 e. The summed E-state index contributed by atoms with van der Waals surface area (Å²) < 4.78 is 5.74. The maximum Gasteiger partial charge on any atom is 0.119 e. The molecule has 17 heavy (non-hydrogen) atoms. The Morgan fingerprint density at radius 3 is 2.94 bits per heavy atom. The van der Waals surface area contributed by atoms with Crippen molar-refractivity contribution >= 4 is 0 Å². The van der Waals surface area contributed by atoms with E-state index < -0.39 is 0 Å². The molecule has 0 saturated carbocycles. The standard InChI is InChI=1S/C14H22N2O/c1-2-13-12-15-8-9-16(13)10-11-17-14-6-4-3-5-7-14/h3-7,13,15H,2,8-12H2,1H3. The Hall–Kier alpha value is -1.06. The fourth-order valence-electron chi connectivity index (χ4n) is 2.30. The molecule has 1 N–H and O–H groups in total. The molecule has 1 saturated heterocycles. The molecule has 1 aromatic carbocycles. The first-order valence-corrected chi connectivity index (χ1v) is 6.52. The summed E-state index contributed by atoms with van der Waals surface area (Å²) in [6, 6.07) is 10.7. The maximum atomic E-state index is 5.74. The van der Waals surface area contributed by atoms with Gasteiger partial charge in [-0.2, -0.15) is 0 Å². The fourth-order valence-corrected chi connectivity index (χ4v) is 2.30. The molecule has 0 spiro atoms. The van der Waals surface area contributed by atoms with E-state index in [9.17, 15) is 0 Å². The third-order valence-corrected chi connectivity index (χ3v) is 3.33. The number of benzene rings is 1. The van der Waals surface area contributed by atoms with Crippen LogP contribution in [-0.2, 0) is 0 Å². The Balaban J connectivity index is 1.74. The third-order valence-electron chi connectivity index (χ3n) is 3.33. The smallest absolute Gasteiger partial charge is 0.119 e. The Kier molecular flexibility index (Phi) is 4.83. The summed E-state index contributed by atoms with van der Waals surface area (Å²) in [7, 11) is 0. The van der Waals surface area contributed by atoms with Crippen molar-refractivity contribution in [2.45, 2.75) is 19.4 Å². The second-order valence-electron chi connectivity index (χ2n) is 4.46. The summed E-state index contributed by atoms with van der Waals surface area (Å²) in [6.45, 7) is 7.40. The van der Waals surface area contributed by atoms with Crippen LogP contribution in [-0.4, -0.2) is 43.7 Å². The van der Waals surface area contributed by atoms with E-state index in [4.69, 9.17) is 4.74 Å². The first kappa shape index (κ1) is 12.4. The first-order valence-electron chi connectivity index (χ1n) is 6.52. The van der Waals surface area contributed by atoms with Gasteiger partial charge in [0.15, 0.2) is 0 Å². The molecule has 3 heteroatoms. The van der Waals surface area contributed by atoms with Crippen LogP contribution in [0, 0.1) is 0 Å². The number of hydrogen-bond acceptors (Lipinski definition) is 3. The average molecular weight is 234 g/mol. The molecule has 0 aliphatic carbocycles. The molecule has 0 amide bonds. The van der Waals surface area contributed by atoms with E-state index in [1.54, 1.807) is 0 Å². The summed E-state index contributed by atoms with van der Waals surface area (Å²) in [5.74, 6) is 0.968. The zero-order valence-corrected chi connectivity index (χ0v) is 10.6. The molecule has 0 radical (unpaired) electrons. The van der Waals surface area contributed by atoms with Gasteiger partial charge in [0, 0.05) is 32.2 Å². The summed E-state index contributed by atoms with van der Waals surface area (Å²) in [6.07, 6.45) is 1.21. The Morgan fingerprint density at radius 2 is 2.18 bits per heavy atom. The van der Waals surface area contributed by atoms with Crippen LogP contribution < -0.4 is 10.1 Å². The topological polar surface area (TPSA) is 24.5 Å². The molecule has 2 rings (SSSR count). The van der Waals surface area contributed by atoms with Gasteiger partial charge in [-0.15, -0.1) is 0 Å². The van der Waals surface area contributed by atoms with Gasteiger partial charge in [-0.05, 0) is 18.6 Å². The van der Waals surface area contributed by atoms with Gasteiger partial charge in [-0.25, -0.2) is 0 Å². The molecule has 1 unspecified atom stereocenters. The van der Waals surface area contributed by atoms with Crippen LogP contribution >= 0.6 is 0 Å². The number of ether oxygens (including phenoxy) is 1. The second kappa shape index (κ2) is 6.62. The fraction of sp³-hybridized carbons (Fsp3) is 0.571. The zero-order chi connectivity index (χ0) is 11.9. The van der Waals surface area contributed by atoms with Gasteiger partial charge in [-0.1, -0.05) is 25.1 Å². The van der Waals surface area contributed by atoms with Crippen LogP contribution in [0.1, 0.15) is 13.3 Å². The predicted molar refractivity (Wildman–Crippen MR) is 70.5 cm³/mol. The lowest BCUT2D eigenvalue weighted by molar-refractivity contribution is 0.131. The van der Waals surface area contributed by atoms with Gasteiger partial charge >= 0.3 is 0 Å². The van der Waals surface area contributed by atoms with Crippen molar-refractivity contribution in [2.24, 2.45) is 0 Å². The van der Waals surface area contributed by atoms with Crippen molar-refractivity contribution in [3.63, 3.8) is 0 Å². The minimum atomic E-state index is 0.670. The van der Waals surface area contributed by atoms with Crippen LogP contribution in [0.25, 0.3) is 0 Å². The lowest BCUT2D eigenvalue weighted by Gasteiger charge is -2.35. The quantitative estimate of drug-likeness (QED) is 0.840. The number of piperazine rings is 1. The first-order chi connectivity index (χ1) is 8.40. The Bertz CT molecular complexity index is 315. The number of para-hydroxylation sites is 1. The van der Waals surface area contributed by atoms with Gasteiger partial charge < -0.3 is 10.1 Å². The lowest BCUT2D eigenvalue weighted by Crippen LogP contribution is -2.51. The summed E-state index contributed by atoms with van der Waals surface area (Å²) in [5, 5.41) is 3.44. The van der Waals surface area contributed by atoms with Crippen molar-refractivity contribution in [1.82, 2.24) is 10.2 Å². The van der Waals surface area contributed by atoms with Crippen LogP contribution in [0.5, 0.6) is 5.75 Å². The van der Waals surface area contributed by atoms with E-state index in [0.717, 1.165) is 38.5 Å². The molecule has 3 nitrogen and oxygen atoms in total. The van der Waals surface area contributed by atoms with Crippen molar-refractivity contribution in [3.8, 4) is 5.75 Å². The van der Waals surface area contributed by atoms with Crippen molar-refractivity contribution in [1.29, 1.82) is 0 Å². The third kappa shape index (κ3) is 3.72. The van der Waals surface area contributed by atoms with Gasteiger partial charge in [-0.3, -0.25) is 4.90 Å². The molecule has 94 valence electrons. The highest BCUT2D eigenvalue weighted by molar-refractivity contribution is 5.20. The highest BCUT2D eigenvalue weighted by atomic mass is 16.5. The average Bonchev–Trinajstić information content (AvgIpc) is 2.40. The number of nitrogens with one attached hydrogen (secondary N) is 1. The van der Waals surface area contributed by atoms with Gasteiger partial charge in [0.2, 0.25) is 0 Å². The van der Waals surface area contributed by atoms with E-state index in [0.29, 0.717) is 6.04 Å². The lowest BCUT2D eigenvalue weighted by atomic mass is 10.1. The highest BCUT2D eigenvalue weighted by Gasteiger charge is 2.19.